The number of hydrogen-bond acceptors (Lipinski definition) is 5. The number of hydrogen-bond donors (Lipinski definition) is 1. The minimum absolute atomic E-state index is 0.0521. The highest BCUT2D eigenvalue weighted by atomic mass is 32.2. The summed E-state index contributed by atoms with van der Waals surface area (Å²) < 4.78 is 4.77. The van der Waals surface area contributed by atoms with E-state index in [4.69, 9.17) is 4.74 Å². The molecule has 0 aromatic rings. The number of rotatable bonds is 14. The van der Waals surface area contributed by atoms with Gasteiger partial charge in [-0.2, -0.15) is 11.8 Å². The fraction of sp³-hybridized carbons (Fsp3) is 0.909. The van der Waals surface area contributed by atoms with E-state index in [9.17, 15) is 14.7 Å². The second-order valence-electron chi connectivity index (χ2n) is 8.80. The Kier molecular flexibility index (Phi) is 11.6. The van der Waals surface area contributed by atoms with Crippen molar-refractivity contribution in [1.29, 1.82) is 0 Å². The first kappa shape index (κ1) is 24.5. The molecule has 1 saturated carbocycles. The summed E-state index contributed by atoms with van der Waals surface area (Å²) in [6.45, 7) is 6.37. The van der Waals surface area contributed by atoms with E-state index >= 15 is 0 Å². The number of esters is 1. The number of ketones is 1. The van der Waals surface area contributed by atoms with Crippen LogP contribution in [0.15, 0.2) is 0 Å². The molecule has 5 heteroatoms. The van der Waals surface area contributed by atoms with Gasteiger partial charge in [0.2, 0.25) is 0 Å². The van der Waals surface area contributed by atoms with E-state index in [1.165, 1.54) is 20.0 Å². The normalized spacial score (nSPS) is 21.4. The van der Waals surface area contributed by atoms with Crippen molar-refractivity contribution in [3.05, 3.63) is 0 Å². The molecule has 0 bridgehead atoms. The monoisotopic (exact) mass is 400 g/mol. The number of methoxy groups -OCH3 is 1. The molecule has 0 spiro atoms. The molecule has 3 unspecified atom stereocenters. The van der Waals surface area contributed by atoms with Crippen LogP contribution in [0.2, 0.25) is 0 Å². The van der Waals surface area contributed by atoms with Gasteiger partial charge < -0.3 is 9.84 Å². The van der Waals surface area contributed by atoms with Crippen LogP contribution in [0.25, 0.3) is 0 Å². The minimum Gasteiger partial charge on any atom is -0.469 e. The van der Waals surface area contributed by atoms with Crippen LogP contribution in [0.5, 0.6) is 0 Å². The third kappa shape index (κ3) is 9.98. The highest BCUT2D eigenvalue weighted by molar-refractivity contribution is 8.00. The summed E-state index contributed by atoms with van der Waals surface area (Å²) in [6, 6.07) is 0. The SMILES string of the molecule is CCCCCC(O)CSC1CCC(=O)C1CCCCC(C)(C)CC(=O)OC. The van der Waals surface area contributed by atoms with Crippen LogP contribution in [0.3, 0.4) is 0 Å². The van der Waals surface area contributed by atoms with E-state index < -0.39 is 0 Å². The molecule has 1 aliphatic rings. The highest BCUT2D eigenvalue weighted by Gasteiger charge is 2.34. The van der Waals surface area contributed by atoms with Crippen molar-refractivity contribution in [3.8, 4) is 0 Å². The summed E-state index contributed by atoms with van der Waals surface area (Å²) >= 11 is 1.80. The van der Waals surface area contributed by atoms with Gasteiger partial charge in [-0.05, 0) is 31.1 Å². The van der Waals surface area contributed by atoms with Gasteiger partial charge in [0.15, 0.2) is 0 Å². The van der Waals surface area contributed by atoms with Crippen molar-refractivity contribution in [1.82, 2.24) is 0 Å². The maximum atomic E-state index is 12.3. The van der Waals surface area contributed by atoms with E-state index in [0.29, 0.717) is 23.9 Å². The first-order valence-corrected chi connectivity index (χ1v) is 11.7. The van der Waals surface area contributed by atoms with E-state index in [-0.39, 0.29) is 23.4 Å². The zero-order chi connectivity index (χ0) is 20.3. The number of carbonyl (C=O) groups excluding carboxylic acids is 2. The van der Waals surface area contributed by atoms with Crippen molar-refractivity contribution < 1.29 is 19.4 Å². The summed E-state index contributed by atoms with van der Waals surface area (Å²) in [4.78, 5) is 23.8. The number of ether oxygens (including phenoxy) is 1. The molecule has 0 aliphatic heterocycles. The lowest BCUT2D eigenvalue weighted by atomic mass is 9.83. The Morgan fingerprint density at radius 3 is 2.70 bits per heavy atom. The molecule has 0 amide bonds. The molecular formula is C22H40O4S. The Labute approximate surface area is 170 Å². The third-order valence-corrected chi connectivity index (χ3v) is 7.22. The lowest BCUT2D eigenvalue weighted by Crippen LogP contribution is -2.21. The van der Waals surface area contributed by atoms with Crippen molar-refractivity contribution in [2.24, 2.45) is 11.3 Å². The zero-order valence-electron chi connectivity index (χ0n) is 17.8. The molecule has 4 nitrogen and oxygen atoms in total. The van der Waals surface area contributed by atoms with Gasteiger partial charge in [-0.1, -0.05) is 52.9 Å². The Bertz CT molecular complexity index is 450. The molecule has 1 aliphatic carbocycles. The van der Waals surface area contributed by atoms with Crippen molar-refractivity contribution in [2.45, 2.75) is 103 Å². The first-order chi connectivity index (χ1) is 12.8. The molecule has 0 aromatic carbocycles. The summed E-state index contributed by atoms with van der Waals surface area (Å²) in [5.74, 6) is 1.16. The van der Waals surface area contributed by atoms with Gasteiger partial charge in [-0.15, -0.1) is 0 Å². The zero-order valence-corrected chi connectivity index (χ0v) is 18.6. The van der Waals surface area contributed by atoms with Gasteiger partial charge in [0.1, 0.15) is 5.78 Å². The predicted molar refractivity (Wildman–Crippen MR) is 113 cm³/mol. The van der Waals surface area contributed by atoms with Crippen LogP contribution in [0.1, 0.15) is 91.4 Å². The standard InChI is InChI=1S/C22H40O4S/c1-5-6-7-10-17(23)16-27-20-13-12-19(24)18(20)11-8-9-14-22(2,3)15-21(25)26-4/h17-18,20,23H,5-16H2,1-4H3. The average molecular weight is 401 g/mol. The van der Waals surface area contributed by atoms with E-state index in [2.05, 4.69) is 20.8 Å². The van der Waals surface area contributed by atoms with Gasteiger partial charge in [0, 0.05) is 23.3 Å². The van der Waals surface area contributed by atoms with E-state index in [1.54, 1.807) is 11.8 Å². The Morgan fingerprint density at radius 1 is 1.30 bits per heavy atom. The average Bonchev–Trinajstić information content (AvgIpc) is 2.96. The Balaban J connectivity index is 2.31. The summed E-state index contributed by atoms with van der Waals surface area (Å²) in [6.07, 6.45) is 10.2. The smallest absolute Gasteiger partial charge is 0.306 e. The minimum atomic E-state index is -0.239. The molecule has 158 valence electrons. The maximum Gasteiger partial charge on any atom is 0.306 e. The number of aliphatic hydroxyl groups excluding tert-OH is 1. The summed E-state index contributed by atoms with van der Waals surface area (Å²) in [5, 5.41) is 10.5. The number of aliphatic hydroxyl groups is 1. The van der Waals surface area contributed by atoms with Crippen molar-refractivity contribution >= 4 is 23.5 Å². The van der Waals surface area contributed by atoms with Gasteiger partial charge in [0.25, 0.3) is 0 Å². The van der Waals surface area contributed by atoms with Crippen LogP contribution < -0.4 is 0 Å². The third-order valence-electron chi connectivity index (χ3n) is 5.65. The van der Waals surface area contributed by atoms with Crippen LogP contribution in [0.4, 0.5) is 0 Å². The number of carbonyl (C=O) groups is 2. The van der Waals surface area contributed by atoms with Gasteiger partial charge in [-0.25, -0.2) is 0 Å². The summed E-state index contributed by atoms with van der Waals surface area (Å²) in [5.41, 5.74) is -0.0521. The molecule has 1 N–H and O–H groups in total. The number of thioether (sulfide) groups is 1. The fourth-order valence-corrected chi connectivity index (χ4v) is 5.33. The lowest BCUT2D eigenvalue weighted by Gasteiger charge is -2.24. The number of unbranched alkanes of at least 4 members (excludes halogenated alkanes) is 3. The second-order valence-corrected chi connectivity index (χ2v) is 10.1. The second kappa shape index (κ2) is 12.8. The van der Waals surface area contributed by atoms with Crippen molar-refractivity contribution in [2.75, 3.05) is 12.9 Å². The van der Waals surface area contributed by atoms with Crippen LogP contribution in [-0.4, -0.2) is 41.1 Å². The van der Waals surface area contributed by atoms with Gasteiger partial charge >= 0.3 is 5.97 Å². The molecule has 0 saturated heterocycles. The highest BCUT2D eigenvalue weighted by Crippen LogP contribution is 2.37. The summed E-state index contributed by atoms with van der Waals surface area (Å²) in [7, 11) is 1.43. The topological polar surface area (TPSA) is 63.6 Å². The molecule has 27 heavy (non-hydrogen) atoms. The molecule has 3 atom stereocenters. The first-order valence-electron chi connectivity index (χ1n) is 10.7. The molecule has 0 radical (unpaired) electrons. The number of Topliss-reactive ketones (excluding diaryl/α,β-unsaturated/α-hetero) is 1. The molecule has 0 heterocycles. The van der Waals surface area contributed by atoms with Crippen LogP contribution in [-0.2, 0) is 14.3 Å². The van der Waals surface area contributed by atoms with Crippen LogP contribution in [0, 0.1) is 11.3 Å². The quantitative estimate of drug-likeness (QED) is 0.322. The Hall–Kier alpha value is -0.550. The van der Waals surface area contributed by atoms with Crippen molar-refractivity contribution in [3.63, 3.8) is 0 Å². The fourth-order valence-electron chi connectivity index (χ4n) is 3.89. The lowest BCUT2D eigenvalue weighted by molar-refractivity contribution is -0.143. The van der Waals surface area contributed by atoms with Gasteiger partial charge in [-0.3, -0.25) is 9.59 Å². The maximum absolute atomic E-state index is 12.3. The molecule has 1 rings (SSSR count). The Morgan fingerprint density at radius 2 is 2.04 bits per heavy atom. The molecular weight excluding hydrogens is 360 g/mol. The largest absolute Gasteiger partial charge is 0.469 e. The van der Waals surface area contributed by atoms with Gasteiger partial charge in [0.05, 0.1) is 19.6 Å². The predicted octanol–water partition coefficient (Wildman–Crippen LogP) is 5.16. The van der Waals surface area contributed by atoms with E-state index in [1.807, 2.05) is 0 Å². The molecule has 0 aromatic heterocycles. The van der Waals surface area contributed by atoms with Crippen LogP contribution >= 0.6 is 11.8 Å². The molecule has 1 fully saturated rings. The van der Waals surface area contributed by atoms with E-state index in [0.717, 1.165) is 50.7 Å².